The molecule has 4 heterocycles. The van der Waals surface area contributed by atoms with Crippen LogP contribution in [0, 0.1) is 0 Å². The second-order valence-corrected chi connectivity index (χ2v) is 9.52. The van der Waals surface area contributed by atoms with Gasteiger partial charge in [0.25, 0.3) is 0 Å². The molecule has 4 aromatic rings. The molecule has 1 atom stereocenters. The predicted octanol–water partition coefficient (Wildman–Crippen LogP) is 6.28. The number of benzene rings is 1. The molecular formula is C23H18N4OS3. The summed E-state index contributed by atoms with van der Waals surface area (Å²) in [5.74, 6) is 2.10. The summed E-state index contributed by atoms with van der Waals surface area (Å²) in [6.45, 7) is 0. The van der Waals surface area contributed by atoms with E-state index in [1.807, 2.05) is 59.6 Å². The van der Waals surface area contributed by atoms with Gasteiger partial charge in [-0.3, -0.25) is 9.88 Å². The van der Waals surface area contributed by atoms with Gasteiger partial charge in [0, 0.05) is 45.4 Å². The van der Waals surface area contributed by atoms with Gasteiger partial charge in [0.1, 0.15) is 11.2 Å². The van der Waals surface area contributed by atoms with Gasteiger partial charge in [-0.05, 0) is 41.1 Å². The van der Waals surface area contributed by atoms with Crippen LogP contribution in [0.15, 0.2) is 99.1 Å². The van der Waals surface area contributed by atoms with Crippen LogP contribution >= 0.6 is 34.9 Å². The lowest BCUT2D eigenvalue weighted by Gasteiger charge is -2.27. The molecule has 0 saturated heterocycles. The van der Waals surface area contributed by atoms with Crippen LogP contribution in [-0.4, -0.2) is 15.5 Å². The quantitative estimate of drug-likeness (QED) is 0.362. The van der Waals surface area contributed by atoms with Crippen molar-refractivity contribution in [3.63, 3.8) is 0 Å². The van der Waals surface area contributed by atoms with Crippen molar-refractivity contribution in [1.29, 1.82) is 0 Å². The number of nitrogens with zero attached hydrogens (tertiary/aromatic N) is 3. The number of rotatable bonds is 6. The number of hydrogen-bond donors (Lipinski definition) is 1. The van der Waals surface area contributed by atoms with Crippen LogP contribution in [0.1, 0.15) is 5.56 Å². The third-order valence-corrected chi connectivity index (χ3v) is 7.04. The number of ether oxygens (including phenoxy) is 1. The molecule has 0 radical (unpaired) electrons. The molecule has 0 bridgehead atoms. The molecule has 0 saturated carbocycles. The lowest BCUT2D eigenvalue weighted by atomic mass is 10.2. The largest absolute Gasteiger partial charge is 0.453 e. The molecule has 3 aromatic heterocycles. The van der Waals surface area contributed by atoms with Crippen molar-refractivity contribution in [2.24, 2.45) is 5.73 Å². The minimum absolute atomic E-state index is 0.278. The normalized spacial score (nSPS) is 15.7. The fourth-order valence-electron chi connectivity index (χ4n) is 3.13. The standard InChI is InChI=1S/C23H18N4OS3/c24-23-27(20(15-30-23)16-8-11-29-14-16)22-21(28-17-4-2-1-3-5-17)12-19(13-26-22)31-18-6-9-25-10-7-18/h1-15,23H,24H2. The maximum absolute atomic E-state index is 6.46. The van der Waals surface area contributed by atoms with E-state index in [1.165, 1.54) is 0 Å². The van der Waals surface area contributed by atoms with Crippen LogP contribution < -0.4 is 15.4 Å². The average Bonchev–Trinajstić information content (AvgIpc) is 3.45. The number of aromatic nitrogens is 2. The number of thioether (sulfide) groups is 1. The minimum Gasteiger partial charge on any atom is -0.453 e. The van der Waals surface area contributed by atoms with Gasteiger partial charge < -0.3 is 10.5 Å². The van der Waals surface area contributed by atoms with Crippen molar-refractivity contribution in [2.75, 3.05) is 4.90 Å². The van der Waals surface area contributed by atoms with E-state index in [0.29, 0.717) is 11.6 Å². The van der Waals surface area contributed by atoms with Gasteiger partial charge in [-0.15, -0.1) is 0 Å². The summed E-state index contributed by atoms with van der Waals surface area (Å²) in [4.78, 5) is 13.0. The Bertz CT molecular complexity index is 1180. The molecule has 0 aliphatic carbocycles. The third kappa shape index (κ3) is 4.47. The monoisotopic (exact) mass is 462 g/mol. The van der Waals surface area contributed by atoms with Crippen LogP contribution in [-0.2, 0) is 0 Å². The number of pyridine rings is 2. The fourth-order valence-corrected chi connectivity index (χ4v) is 5.43. The van der Waals surface area contributed by atoms with E-state index in [0.717, 1.165) is 26.8 Å². The maximum Gasteiger partial charge on any atom is 0.178 e. The zero-order valence-corrected chi connectivity index (χ0v) is 18.7. The smallest absolute Gasteiger partial charge is 0.178 e. The number of hydrogen-bond acceptors (Lipinski definition) is 8. The van der Waals surface area contributed by atoms with Crippen LogP contribution in [0.4, 0.5) is 5.82 Å². The highest BCUT2D eigenvalue weighted by molar-refractivity contribution is 8.03. The Hall–Kier alpha value is -2.78. The first kappa shape index (κ1) is 20.1. The van der Waals surface area contributed by atoms with E-state index in [2.05, 4.69) is 27.2 Å². The summed E-state index contributed by atoms with van der Waals surface area (Å²) in [6, 6.07) is 17.8. The fraction of sp³-hybridized carbons (Fsp3) is 0.0435. The van der Waals surface area contributed by atoms with Crippen LogP contribution in [0.5, 0.6) is 11.5 Å². The first-order valence-electron chi connectivity index (χ1n) is 9.52. The molecule has 0 amide bonds. The second-order valence-electron chi connectivity index (χ2n) is 6.60. The number of anilines is 1. The van der Waals surface area contributed by atoms with Gasteiger partial charge in [0.05, 0.1) is 5.70 Å². The number of para-hydroxylation sites is 1. The molecule has 1 aliphatic rings. The van der Waals surface area contributed by atoms with Crippen molar-refractivity contribution in [3.05, 3.63) is 94.9 Å². The first-order valence-corrected chi connectivity index (χ1v) is 12.2. The summed E-state index contributed by atoms with van der Waals surface area (Å²) in [5, 5.41) is 6.26. The van der Waals surface area contributed by atoms with E-state index >= 15 is 0 Å². The summed E-state index contributed by atoms with van der Waals surface area (Å²) in [7, 11) is 0. The lowest BCUT2D eigenvalue weighted by molar-refractivity contribution is 0.478. The maximum atomic E-state index is 6.46. The highest BCUT2D eigenvalue weighted by Crippen LogP contribution is 2.44. The number of thiophene rings is 1. The van der Waals surface area contributed by atoms with E-state index in [9.17, 15) is 0 Å². The van der Waals surface area contributed by atoms with Gasteiger partial charge in [0.2, 0.25) is 0 Å². The molecule has 8 heteroatoms. The highest BCUT2D eigenvalue weighted by atomic mass is 32.2. The second kappa shape index (κ2) is 9.15. The van der Waals surface area contributed by atoms with Gasteiger partial charge in [-0.1, -0.05) is 41.7 Å². The van der Waals surface area contributed by atoms with Crippen LogP contribution in [0.3, 0.4) is 0 Å². The van der Waals surface area contributed by atoms with E-state index in [1.54, 1.807) is 47.3 Å². The SMILES string of the molecule is NC1SC=C(c2ccsc2)N1c1ncc(Sc2ccncc2)cc1Oc1ccccc1. The van der Waals surface area contributed by atoms with Gasteiger partial charge >= 0.3 is 0 Å². The van der Waals surface area contributed by atoms with Crippen molar-refractivity contribution >= 4 is 46.4 Å². The molecule has 2 N–H and O–H groups in total. The Labute approximate surface area is 193 Å². The number of nitrogens with two attached hydrogens (primary N) is 1. The van der Waals surface area contributed by atoms with Gasteiger partial charge in [0.15, 0.2) is 11.6 Å². The first-order chi connectivity index (χ1) is 15.3. The van der Waals surface area contributed by atoms with E-state index in [4.69, 9.17) is 15.5 Å². The summed E-state index contributed by atoms with van der Waals surface area (Å²) < 4.78 is 6.30. The molecule has 31 heavy (non-hydrogen) atoms. The molecular weight excluding hydrogens is 444 g/mol. The average molecular weight is 463 g/mol. The Morgan fingerprint density at radius 2 is 1.87 bits per heavy atom. The molecule has 1 aromatic carbocycles. The molecule has 1 unspecified atom stereocenters. The van der Waals surface area contributed by atoms with E-state index in [-0.39, 0.29) is 5.50 Å². The zero-order chi connectivity index (χ0) is 21.0. The Balaban J connectivity index is 1.54. The lowest BCUT2D eigenvalue weighted by Crippen LogP contribution is -2.35. The summed E-state index contributed by atoms with van der Waals surface area (Å²) in [6.07, 6.45) is 5.42. The molecule has 0 fully saturated rings. The van der Waals surface area contributed by atoms with Crippen molar-refractivity contribution in [2.45, 2.75) is 15.3 Å². The molecule has 5 rings (SSSR count). The summed E-state index contributed by atoms with van der Waals surface area (Å²) in [5.41, 5.74) is 8.33. The minimum atomic E-state index is -0.278. The Kier molecular flexibility index (Phi) is 5.95. The highest BCUT2D eigenvalue weighted by Gasteiger charge is 2.30. The molecule has 154 valence electrons. The molecule has 1 aliphatic heterocycles. The summed E-state index contributed by atoms with van der Waals surface area (Å²) >= 11 is 4.84. The predicted molar refractivity (Wildman–Crippen MR) is 129 cm³/mol. The van der Waals surface area contributed by atoms with Crippen LogP contribution in [0.25, 0.3) is 5.70 Å². The Morgan fingerprint density at radius 1 is 1.03 bits per heavy atom. The third-order valence-electron chi connectivity index (χ3n) is 4.54. The van der Waals surface area contributed by atoms with Gasteiger partial charge in [-0.25, -0.2) is 4.98 Å². The van der Waals surface area contributed by atoms with Crippen molar-refractivity contribution < 1.29 is 4.74 Å². The van der Waals surface area contributed by atoms with Gasteiger partial charge in [-0.2, -0.15) is 11.3 Å². The Morgan fingerprint density at radius 3 is 2.65 bits per heavy atom. The molecule has 5 nitrogen and oxygen atoms in total. The topological polar surface area (TPSA) is 64.3 Å². The zero-order valence-electron chi connectivity index (χ0n) is 16.3. The molecule has 0 spiro atoms. The van der Waals surface area contributed by atoms with Crippen molar-refractivity contribution in [3.8, 4) is 11.5 Å². The van der Waals surface area contributed by atoms with E-state index < -0.39 is 0 Å². The van der Waals surface area contributed by atoms with Crippen LogP contribution in [0.2, 0.25) is 0 Å². The van der Waals surface area contributed by atoms with Crippen molar-refractivity contribution in [1.82, 2.24) is 9.97 Å².